The normalized spacial score (nSPS) is 11.9. The van der Waals surface area contributed by atoms with Crippen LogP contribution in [0.1, 0.15) is 12.7 Å². The van der Waals surface area contributed by atoms with Gasteiger partial charge in [0.25, 0.3) is 0 Å². The van der Waals surface area contributed by atoms with Crippen molar-refractivity contribution in [2.75, 3.05) is 18.5 Å². The second kappa shape index (κ2) is 6.99. The van der Waals surface area contributed by atoms with Gasteiger partial charge in [-0.3, -0.25) is 0 Å². The predicted octanol–water partition coefficient (Wildman–Crippen LogP) is 3.09. The van der Waals surface area contributed by atoms with Gasteiger partial charge in [0.2, 0.25) is 0 Å². The van der Waals surface area contributed by atoms with E-state index in [-0.39, 0.29) is 12.4 Å². The maximum absolute atomic E-state index is 12.6. The van der Waals surface area contributed by atoms with E-state index in [0.717, 1.165) is 0 Å². The smallest absolute Gasteiger partial charge is 0.330 e. The molecule has 0 spiro atoms. The van der Waals surface area contributed by atoms with Crippen LogP contribution in [0.4, 0.5) is 23.4 Å². The summed E-state index contributed by atoms with van der Waals surface area (Å²) in [5, 5.41) is 2.92. The molecule has 1 aromatic heterocycles. The molecule has 0 fully saturated rings. The number of hydrogen-bond acceptors (Lipinski definition) is 4. The highest BCUT2D eigenvalue weighted by Gasteiger charge is 2.40. The van der Waals surface area contributed by atoms with Crippen LogP contribution in [-0.4, -0.2) is 35.5 Å². The van der Waals surface area contributed by atoms with Crippen LogP contribution in [0.3, 0.4) is 0 Å². The molecule has 0 aliphatic carbocycles. The molecule has 1 rings (SSSR count). The van der Waals surface area contributed by atoms with Gasteiger partial charge < -0.3 is 10.1 Å². The minimum Gasteiger partial charge on any atom is -0.369 e. The van der Waals surface area contributed by atoms with Crippen LogP contribution in [0, 0.1) is 0 Å². The van der Waals surface area contributed by atoms with Gasteiger partial charge in [0, 0.05) is 12.7 Å². The van der Waals surface area contributed by atoms with E-state index in [0.29, 0.717) is 16.8 Å². The predicted molar refractivity (Wildman–Crippen MR) is 64.5 cm³/mol. The van der Waals surface area contributed by atoms with E-state index in [1.54, 1.807) is 0 Å². The number of nitrogens with one attached hydrogen (secondary N) is 1. The maximum Gasteiger partial charge on any atom is 0.330 e. The van der Waals surface area contributed by atoms with Gasteiger partial charge in [-0.25, -0.2) is 18.7 Å². The van der Waals surface area contributed by atoms with E-state index in [9.17, 15) is 17.6 Å². The van der Waals surface area contributed by atoms with Crippen LogP contribution in [0.2, 0.25) is 0 Å². The van der Waals surface area contributed by atoms with E-state index in [1.807, 2.05) is 6.92 Å². The Morgan fingerprint density at radius 1 is 1.47 bits per heavy atom. The number of nitrogens with zero attached hydrogens (tertiary/aromatic N) is 2. The summed E-state index contributed by atoms with van der Waals surface area (Å²) in [7, 11) is 0. The van der Waals surface area contributed by atoms with Gasteiger partial charge in [0.1, 0.15) is 19.0 Å². The third-order valence-electron chi connectivity index (χ3n) is 1.98. The molecule has 0 aliphatic rings. The number of anilines is 1. The summed E-state index contributed by atoms with van der Waals surface area (Å²) < 4.78 is 54.0. The molecule has 0 aliphatic heterocycles. The van der Waals surface area contributed by atoms with Gasteiger partial charge >= 0.3 is 12.3 Å². The first-order valence-electron chi connectivity index (χ1n) is 5.35. The lowest BCUT2D eigenvalue weighted by molar-refractivity contribution is -0.168. The summed E-state index contributed by atoms with van der Waals surface area (Å²) in [6.45, 7) is 0.724. The fraction of sp³-hybridized carbons (Fsp3) is 0.600. The number of hydrogen-bond donors (Lipinski definition) is 1. The molecule has 0 saturated heterocycles. The first-order chi connectivity index (χ1) is 8.86. The van der Waals surface area contributed by atoms with Gasteiger partial charge in [-0.05, 0) is 22.9 Å². The number of halogens is 5. The minimum absolute atomic E-state index is 0.129. The molecule has 0 bridgehead atoms. The first kappa shape index (κ1) is 16.1. The molecular formula is C10H12BrF4N3O. The van der Waals surface area contributed by atoms with Crippen molar-refractivity contribution in [3.8, 4) is 0 Å². The Bertz CT molecular complexity index is 420. The van der Waals surface area contributed by atoms with E-state index >= 15 is 0 Å². The molecule has 0 amide bonds. The lowest BCUT2D eigenvalue weighted by atomic mass is 10.4. The topological polar surface area (TPSA) is 47.0 Å². The lowest BCUT2D eigenvalue weighted by Crippen LogP contribution is -2.32. The van der Waals surface area contributed by atoms with Gasteiger partial charge in [-0.15, -0.1) is 0 Å². The monoisotopic (exact) mass is 345 g/mol. The van der Waals surface area contributed by atoms with Gasteiger partial charge in [0.05, 0.1) is 4.47 Å². The molecule has 108 valence electrons. The molecule has 19 heavy (non-hydrogen) atoms. The Balaban J connectivity index is 2.56. The standard InChI is InChI=1S/C10H12BrF4N3O/c1-2-16-8-6(11)3-17-7(18-8)4-19-5-10(14,15)9(12)13/h3,9H,2,4-5H2,1H3,(H,16,17,18). The molecule has 0 saturated carbocycles. The van der Waals surface area contributed by atoms with E-state index in [1.165, 1.54) is 6.20 Å². The summed E-state index contributed by atoms with van der Waals surface area (Å²) in [6.07, 6.45) is -2.33. The maximum atomic E-state index is 12.6. The average molecular weight is 346 g/mol. The van der Waals surface area contributed by atoms with Gasteiger partial charge in [0.15, 0.2) is 5.82 Å². The number of alkyl halides is 4. The Kier molecular flexibility index (Phi) is 5.92. The molecule has 0 unspecified atom stereocenters. The highest BCUT2D eigenvalue weighted by Crippen LogP contribution is 2.23. The van der Waals surface area contributed by atoms with Gasteiger partial charge in [-0.2, -0.15) is 8.78 Å². The molecule has 0 atom stereocenters. The number of rotatable bonds is 7. The van der Waals surface area contributed by atoms with Crippen molar-refractivity contribution in [2.45, 2.75) is 25.9 Å². The average Bonchev–Trinajstić information content (AvgIpc) is 2.33. The van der Waals surface area contributed by atoms with Crippen molar-refractivity contribution in [2.24, 2.45) is 0 Å². The zero-order chi connectivity index (χ0) is 14.5. The van der Waals surface area contributed by atoms with Crippen molar-refractivity contribution >= 4 is 21.7 Å². The second-order valence-electron chi connectivity index (χ2n) is 3.57. The van der Waals surface area contributed by atoms with Crippen molar-refractivity contribution < 1.29 is 22.3 Å². The molecule has 1 aromatic rings. The van der Waals surface area contributed by atoms with E-state index in [4.69, 9.17) is 0 Å². The molecule has 1 N–H and O–H groups in total. The van der Waals surface area contributed by atoms with E-state index in [2.05, 4.69) is 36.0 Å². The highest BCUT2D eigenvalue weighted by molar-refractivity contribution is 9.10. The third kappa shape index (κ3) is 4.90. The summed E-state index contributed by atoms with van der Waals surface area (Å²) in [6, 6.07) is 0. The van der Waals surface area contributed by atoms with Crippen LogP contribution in [-0.2, 0) is 11.3 Å². The summed E-state index contributed by atoms with van der Waals surface area (Å²) >= 11 is 3.20. The SMILES string of the molecule is CCNc1nc(COCC(F)(F)C(F)F)ncc1Br. The molecule has 0 aromatic carbocycles. The second-order valence-corrected chi connectivity index (χ2v) is 4.42. The summed E-state index contributed by atoms with van der Waals surface area (Å²) in [5.41, 5.74) is 0. The number of aromatic nitrogens is 2. The molecule has 9 heteroatoms. The molecule has 1 heterocycles. The van der Waals surface area contributed by atoms with Crippen LogP contribution >= 0.6 is 15.9 Å². The Morgan fingerprint density at radius 2 is 2.16 bits per heavy atom. The van der Waals surface area contributed by atoms with Crippen LogP contribution in [0.5, 0.6) is 0 Å². The summed E-state index contributed by atoms with van der Waals surface area (Å²) in [5.74, 6) is -3.55. The molecule has 4 nitrogen and oxygen atoms in total. The Labute approximate surface area is 115 Å². The zero-order valence-electron chi connectivity index (χ0n) is 9.97. The zero-order valence-corrected chi connectivity index (χ0v) is 11.6. The Hall–Kier alpha value is -0.960. The van der Waals surface area contributed by atoms with Crippen molar-refractivity contribution in [3.63, 3.8) is 0 Å². The molecular weight excluding hydrogens is 334 g/mol. The van der Waals surface area contributed by atoms with Crippen molar-refractivity contribution in [1.29, 1.82) is 0 Å². The molecule has 0 radical (unpaired) electrons. The lowest BCUT2D eigenvalue weighted by Gasteiger charge is -2.15. The largest absolute Gasteiger partial charge is 0.369 e. The van der Waals surface area contributed by atoms with Crippen LogP contribution in [0.15, 0.2) is 10.7 Å². The van der Waals surface area contributed by atoms with E-state index < -0.39 is 19.0 Å². The van der Waals surface area contributed by atoms with Gasteiger partial charge in [-0.1, -0.05) is 0 Å². The summed E-state index contributed by atoms with van der Waals surface area (Å²) in [4.78, 5) is 7.83. The number of ether oxygens (including phenoxy) is 1. The van der Waals surface area contributed by atoms with Crippen LogP contribution in [0.25, 0.3) is 0 Å². The third-order valence-corrected chi connectivity index (χ3v) is 2.56. The Morgan fingerprint density at radius 3 is 2.74 bits per heavy atom. The fourth-order valence-electron chi connectivity index (χ4n) is 1.11. The van der Waals surface area contributed by atoms with Crippen molar-refractivity contribution in [3.05, 3.63) is 16.5 Å². The minimum atomic E-state index is -4.17. The fourth-order valence-corrected chi connectivity index (χ4v) is 1.44. The van der Waals surface area contributed by atoms with Crippen LogP contribution < -0.4 is 5.32 Å². The quantitative estimate of drug-likeness (QED) is 0.771. The highest BCUT2D eigenvalue weighted by atomic mass is 79.9. The van der Waals surface area contributed by atoms with Crippen molar-refractivity contribution in [1.82, 2.24) is 9.97 Å². The first-order valence-corrected chi connectivity index (χ1v) is 6.15.